The summed E-state index contributed by atoms with van der Waals surface area (Å²) in [6.45, 7) is 0.690. The summed E-state index contributed by atoms with van der Waals surface area (Å²) in [6.07, 6.45) is 1.90. The molecule has 90 valence electrons. The first-order chi connectivity index (χ1) is 8.18. The van der Waals surface area contributed by atoms with Gasteiger partial charge in [0.25, 0.3) is 0 Å². The van der Waals surface area contributed by atoms with Crippen LogP contribution in [0.1, 0.15) is 24.8 Å². The lowest BCUT2D eigenvalue weighted by atomic mass is 10.0. The highest BCUT2D eigenvalue weighted by molar-refractivity contribution is 5.95. The molecule has 1 aliphatic rings. The lowest BCUT2D eigenvalue weighted by molar-refractivity contribution is -0.138. The Bertz CT molecular complexity index is 442. The smallest absolute Gasteiger partial charge is 0.303 e. The number of fused-ring (bicyclic) bond motifs is 1. The molecular formula is C13H15NO3. The molecule has 1 N–H and O–H groups in total. The molecule has 0 aromatic heterocycles. The number of carboxylic acids is 1. The number of amides is 1. The predicted octanol–water partition coefficient (Wildman–Crippen LogP) is 1.83. The Morgan fingerprint density at radius 2 is 2.00 bits per heavy atom. The molecule has 0 atom stereocenters. The van der Waals surface area contributed by atoms with Gasteiger partial charge in [0.05, 0.1) is 6.42 Å². The van der Waals surface area contributed by atoms with E-state index in [1.807, 2.05) is 24.3 Å². The van der Waals surface area contributed by atoms with Gasteiger partial charge in [-0.25, -0.2) is 0 Å². The van der Waals surface area contributed by atoms with Crippen LogP contribution in [0.2, 0.25) is 0 Å². The molecule has 0 saturated carbocycles. The quantitative estimate of drug-likeness (QED) is 0.866. The highest BCUT2D eigenvalue weighted by atomic mass is 16.4. The normalized spacial score (nSPS) is 14.2. The molecule has 0 aliphatic carbocycles. The summed E-state index contributed by atoms with van der Waals surface area (Å²) < 4.78 is 0. The van der Waals surface area contributed by atoms with Crippen molar-refractivity contribution in [1.29, 1.82) is 0 Å². The Hall–Kier alpha value is -1.84. The highest BCUT2D eigenvalue weighted by Crippen LogP contribution is 2.27. The number of rotatable bonds is 3. The van der Waals surface area contributed by atoms with Gasteiger partial charge in [0, 0.05) is 18.7 Å². The number of hydrogen-bond donors (Lipinski definition) is 1. The van der Waals surface area contributed by atoms with Gasteiger partial charge in [-0.15, -0.1) is 0 Å². The number of aliphatic carboxylic acids is 1. The van der Waals surface area contributed by atoms with Crippen LogP contribution in [0.15, 0.2) is 24.3 Å². The summed E-state index contributed by atoms with van der Waals surface area (Å²) in [5.74, 6) is -1.02. The number of carboxylic acid groups (broad SMARTS) is 1. The van der Waals surface area contributed by atoms with Gasteiger partial charge in [-0.1, -0.05) is 18.2 Å². The zero-order valence-corrected chi connectivity index (χ0v) is 9.56. The number of carbonyl (C=O) groups excluding carboxylic acids is 1. The molecular weight excluding hydrogens is 218 g/mol. The maximum atomic E-state index is 11.9. The van der Waals surface area contributed by atoms with E-state index in [0.717, 1.165) is 18.5 Å². The zero-order chi connectivity index (χ0) is 12.3. The number of benzene rings is 1. The van der Waals surface area contributed by atoms with Crippen molar-refractivity contribution in [2.75, 3.05) is 11.4 Å². The van der Waals surface area contributed by atoms with Crippen LogP contribution in [0, 0.1) is 0 Å². The van der Waals surface area contributed by atoms with Gasteiger partial charge in [0.2, 0.25) is 5.91 Å². The van der Waals surface area contributed by atoms with Gasteiger partial charge in [-0.05, 0) is 24.5 Å². The van der Waals surface area contributed by atoms with Crippen LogP contribution in [0.25, 0.3) is 0 Å². The molecule has 1 heterocycles. The second-order valence-corrected chi connectivity index (χ2v) is 4.17. The molecule has 0 spiro atoms. The Balaban J connectivity index is 2.12. The van der Waals surface area contributed by atoms with Gasteiger partial charge in [-0.3, -0.25) is 9.59 Å². The summed E-state index contributed by atoms with van der Waals surface area (Å²) in [5.41, 5.74) is 2.11. The van der Waals surface area contributed by atoms with Crippen LogP contribution in [0.3, 0.4) is 0 Å². The van der Waals surface area contributed by atoms with Crippen molar-refractivity contribution in [1.82, 2.24) is 0 Å². The van der Waals surface area contributed by atoms with E-state index in [0.29, 0.717) is 6.54 Å². The zero-order valence-electron chi connectivity index (χ0n) is 9.56. The first-order valence-corrected chi connectivity index (χ1v) is 5.78. The number of anilines is 1. The summed E-state index contributed by atoms with van der Waals surface area (Å²) in [6, 6.07) is 7.81. The van der Waals surface area contributed by atoms with Gasteiger partial charge in [0.1, 0.15) is 0 Å². The Labute approximate surface area is 99.9 Å². The SMILES string of the molecule is O=C(O)CCC(=O)N1CCCc2ccccc21. The molecule has 0 bridgehead atoms. The van der Waals surface area contributed by atoms with E-state index in [1.165, 1.54) is 5.56 Å². The van der Waals surface area contributed by atoms with Crippen molar-refractivity contribution in [2.24, 2.45) is 0 Å². The van der Waals surface area contributed by atoms with Crippen LogP contribution in [0.5, 0.6) is 0 Å². The molecule has 1 aromatic rings. The van der Waals surface area contributed by atoms with E-state index < -0.39 is 5.97 Å². The molecule has 4 nitrogen and oxygen atoms in total. The van der Waals surface area contributed by atoms with Crippen LogP contribution in [-0.4, -0.2) is 23.5 Å². The van der Waals surface area contributed by atoms with Crippen LogP contribution >= 0.6 is 0 Å². The lowest BCUT2D eigenvalue weighted by Crippen LogP contribution is -2.35. The second kappa shape index (κ2) is 4.99. The molecule has 0 saturated heterocycles. The monoisotopic (exact) mass is 233 g/mol. The van der Waals surface area contributed by atoms with Gasteiger partial charge in [-0.2, -0.15) is 0 Å². The fourth-order valence-corrected chi connectivity index (χ4v) is 2.14. The Morgan fingerprint density at radius 3 is 2.76 bits per heavy atom. The molecule has 2 rings (SSSR count). The van der Waals surface area contributed by atoms with E-state index >= 15 is 0 Å². The van der Waals surface area contributed by atoms with Crippen LogP contribution in [0.4, 0.5) is 5.69 Å². The fourth-order valence-electron chi connectivity index (χ4n) is 2.14. The Morgan fingerprint density at radius 1 is 1.24 bits per heavy atom. The first kappa shape index (κ1) is 11.6. The predicted molar refractivity (Wildman–Crippen MR) is 64.0 cm³/mol. The largest absolute Gasteiger partial charge is 0.481 e. The van der Waals surface area contributed by atoms with Crippen molar-refractivity contribution in [3.63, 3.8) is 0 Å². The van der Waals surface area contributed by atoms with E-state index in [2.05, 4.69) is 0 Å². The van der Waals surface area contributed by atoms with E-state index in [9.17, 15) is 9.59 Å². The third-order valence-corrected chi connectivity index (χ3v) is 2.96. The average molecular weight is 233 g/mol. The standard InChI is InChI=1S/C13H15NO3/c15-12(7-8-13(16)17)14-9-3-5-10-4-1-2-6-11(10)14/h1-2,4,6H,3,5,7-9H2,(H,16,17). The van der Waals surface area contributed by atoms with Crippen molar-refractivity contribution < 1.29 is 14.7 Å². The van der Waals surface area contributed by atoms with Crippen LogP contribution in [-0.2, 0) is 16.0 Å². The van der Waals surface area contributed by atoms with Crippen molar-refractivity contribution in [2.45, 2.75) is 25.7 Å². The fraction of sp³-hybridized carbons (Fsp3) is 0.385. The number of nitrogens with zero attached hydrogens (tertiary/aromatic N) is 1. The number of hydrogen-bond acceptors (Lipinski definition) is 2. The molecule has 1 aromatic carbocycles. The van der Waals surface area contributed by atoms with Gasteiger partial charge < -0.3 is 10.0 Å². The summed E-state index contributed by atoms with van der Waals surface area (Å²) >= 11 is 0. The molecule has 0 fully saturated rings. The maximum Gasteiger partial charge on any atom is 0.303 e. The van der Waals surface area contributed by atoms with Crippen molar-refractivity contribution in [3.05, 3.63) is 29.8 Å². The minimum atomic E-state index is -0.927. The van der Waals surface area contributed by atoms with Gasteiger partial charge >= 0.3 is 5.97 Å². The number of carbonyl (C=O) groups is 2. The van der Waals surface area contributed by atoms with Gasteiger partial charge in [0.15, 0.2) is 0 Å². The molecule has 0 unspecified atom stereocenters. The van der Waals surface area contributed by atoms with Crippen molar-refractivity contribution in [3.8, 4) is 0 Å². The molecule has 17 heavy (non-hydrogen) atoms. The molecule has 1 aliphatic heterocycles. The molecule has 0 radical (unpaired) electrons. The average Bonchev–Trinajstić information content (AvgIpc) is 2.35. The number of aryl methyl sites for hydroxylation is 1. The topological polar surface area (TPSA) is 57.6 Å². The third-order valence-electron chi connectivity index (χ3n) is 2.96. The summed E-state index contributed by atoms with van der Waals surface area (Å²) in [7, 11) is 0. The first-order valence-electron chi connectivity index (χ1n) is 5.78. The van der Waals surface area contributed by atoms with E-state index in [4.69, 9.17) is 5.11 Å². The summed E-state index contributed by atoms with van der Waals surface area (Å²) in [5, 5.41) is 8.59. The van der Waals surface area contributed by atoms with E-state index in [-0.39, 0.29) is 18.7 Å². The summed E-state index contributed by atoms with van der Waals surface area (Å²) in [4.78, 5) is 24.1. The van der Waals surface area contributed by atoms with Crippen LogP contribution < -0.4 is 4.90 Å². The van der Waals surface area contributed by atoms with E-state index in [1.54, 1.807) is 4.90 Å². The second-order valence-electron chi connectivity index (χ2n) is 4.17. The molecule has 1 amide bonds. The third kappa shape index (κ3) is 2.64. The maximum absolute atomic E-state index is 11.9. The lowest BCUT2D eigenvalue weighted by Gasteiger charge is -2.29. The number of para-hydroxylation sites is 1. The minimum absolute atomic E-state index is 0.0731. The van der Waals surface area contributed by atoms with Crippen molar-refractivity contribution >= 4 is 17.6 Å². The molecule has 4 heteroatoms. The minimum Gasteiger partial charge on any atom is -0.481 e. The Kier molecular flexibility index (Phi) is 3.42. The highest BCUT2D eigenvalue weighted by Gasteiger charge is 2.22.